The summed E-state index contributed by atoms with van der Waals surface area (Å²) in [4.78, 5) is 20.3. The fourth-order valence-electron chi connectivity index (χ4n) is 4.92. The lowest BCUT2D eigenvalue weighted by Crippen LogP contribution is -2.34. The molecule has 0 unspecified atom stereocenters. The maximum atomic E-state index is 13.7. The fraction of sp³-hybridized carbons (Fsp3) is 0.524. The topological polar surface area (TPSA) is 87.9 Å². The van der Waals surface area contributed by atoms with E-state index in [1.807, 2.05) is 11.8 Å². The molecule has 2 aliphatic carbocycles. The zero-order chi connectivity index (χ0) is 18.8. The normalized spacial score (nSPS) is 19.0. The lowest BCUT2D eigenvalue weighted by atomic mass is 10.0. The van der Waals surface area contributed by atoms with Gasteiger partial charge >= 0.3 is 0 Å². The third-order valence-corrected chi connectivity index (χ3v) is 6.54. The maximum Gasteiger partial charge on any atom is 0.259 e. The number of carbonyl (C=O) groups is 1. The number of hydrogen-bond acceptors (Lipinski definition) is 5. The first-order chi connectivity index (χ1) is 13.7. The number of rotatable bonds is 2. The number of aryl methyl sites for hydroxylation is 2. The second-order valence-corrected chi connectivity index (χ2v) is 8.35. The zero-order valence-electron chi connectivity index (χ0n) is 16.0. The van der Waals surface area contributed by atoms with E-state index in [2.05, 4.69) is 20.3 Å². The van der Waals surface area contributed by atoms with Gasteiger partial charge in [-0.1, -0.05) is 5.16 Å². The molecule has 1 aliphatic heterocycles. The Morgan fingerprint density at radius 3 is 2.86 bits per heavy atom. The molecule has 1 amide bonds. The third kappa shape index (κ3) is 2.34. The minimum atomic E-state index is 0.0999. The van der Waals surface area contributed by atoms with E-state index in [4.69, 9.17) is 4.52 Å². The summed E-state index contributed by atoms with van der Waals surface area (Å²) >= 11 is 0. The van der Waals surface area contributed by atoms with Crippen LogP contribution in [0.5, 0.6) is 0 Å². The second-order valence-electron chi connectivity index (χ2n) is 8.35. The van der Waals surface area contributed by atoms with Crippen LogP contribution in [0.1, 0.15) is 69.4 Å². The highest BCUT2D eigenvalue weighted by Gasteiger charge is 2.33. The van der Waals surface area contributed by atoms with E-state index in [-0.39, 0.29) is 5.91 Å². The standard InChI is InChI=1S/C21H23N5O2/c1-11-17-18(13-3-2-4-15(13)22-20(17)28-25-11)21(27)26-9-7-14-16(8-10-26)23-24-19(14)12-5-6-12/h12H,2-10H2,1H3,(H,23,24). The molecule has 0 atom stereocenters. The van der Waals surface area contributed by atoms with Gasteiger partial charge in [-0.05, 0) is 56.6 Å². The number of pyridine rings is 1. The number of nitrogens with zero attached hydrogens (tertiary/aromatic N) is 4. The Labute approximate surface area is 162 Å². The van der Waals surface area contributed by atoms with E-state index in [9.17, 15) is 4.79 Å². The van der Waals surface area contributed by atoms with Crippen molar-refractivity contribution in [2.75, 3.05) is 13.1 Å². The Bertz CT molecular complexity index is 1110. The molecule has 3 aliphatic rings. The molecule has 0 spiro atoms. The summed E-state index contributed by atoms with van der Waals surface area (Å²) in [6, 6.07) is 0. The highest BCUT2D eigenvalue weighted by molar-refractivity contribution is 6.07. The highest BCUT2D eigenvalue weighted by atomic mass is 16.5. The summed E-state index contributed by atoms with van der Waals surface area (Å²) in [7, 11) is 0. The van der Waals surface area contributed by atoms with Crippen LogP contribution in [0, 0.1) is 6.92 Å². The molecule has 1 N–H and O–H groups in total. The monoisotopic (exact) mass is 377 g/mol. The fourth-order valence-corrected chi connectivity index (χ4v) is 4.92. The van der Waals surface area contributed by atoms with Crippen LogP contribution in [0.15, 0.2) is 4.52 Å². The highest BCUT2D eigenvalue weighted by Crippen LogP contribution is 2.42. The molecular formula is C21H23N5O2. The molecule has 144 valence electrons. The predicted octanol–water partition coefficient (Wildman–Crippen LogP) is 2.86. The molecule has 3 aromatic rings. The van der Waals surface area contributed by atoms with Gasteiger partial charge in [0.2, 0.25) is 0 Å². The van der Waals surface area contributed by atoms with Crippen LogP contribution in [-0.2, 0) is 25.7 Å². The van der Waals surface area contributed by atoms with Crippen molar-refractivity contribution in [1.29, 1.82) is 0 Å². The van der Waals surface area contributed by atoms with Crippen molar-refractivity contribution in [1.82, 2.24) is 25.2 Å². The zero-order valence-corrected chi connectivity index (χ0v) is 16.0. The quantitative estimate of drug-likeness (QED) is 0.742. The van der Waals surface area contributed by atoms with Gasteiger partial charge in [0.15, 0.2) is 0 Å². The van der Waals surface area contributed by atoms with E-state index in [1.54, 1.807) is 0 Å². The average Bonchev–Trinajstić information content (AvgIpc) is 3.22. The van der Waals surface area contributed by atoms with Gasteiger partial charge in [0.05, 0.1) is 22.3 Å². The number of fused-ring (bicyclic) bond motifs is 3. The number of carbonyl (C=O) groups excluding carboxylic acids is 1. The van der Waals surface area contributed by atoms with Gasteiger partial charge in [-0.15, -0.1) is 0 Å². The van der Waals surface area contributed by atoms with Gasteiger partial charge in [0.1, 0.15) is 0 Å². The summed E-state index contributed by atoms with van der Waals surface area (Å²) in [5.41, 5.74) is 7.95. The van der Waals surface area contributed by atoms with E-state index in [0.29, 0.717) is 18.2 Å². The lowest BCUT2D eigenvalue weighted by molar-refractivity contribution is 0.0763. The van der Waals surface area contributed by atoms with Crippen LogP contribution >= 0.6 is 0 Å². The largest absolute Gasteiger partial charge is 0.338 e. The summed E-state index contributed by atoms with van der Waals surface area (Å²) in [5, 5.41) is 12.7. The molecule has 1 saturated carbocycles. The third-order valence-electron chi connectivity index (χ3n) is 6.54. The molecule has 7 nitrogen and oxygen atoms in total. The van der Waals surface area contributed by atoms with Gasteiger partial charge in [-0.25, -0.2) is 4.98 Å². The summed E-state index contributed by atoms with van der Waals surface area (Å²) in [6.07, 6.45) is 7.06. The predicted molar refractivity (Wildman–Crippen MR) is 102 cm³/mol. The average molecular weight is 377 g/mol. The number of aromatic amines is 1. The molecular weight excluding hydrogens is 354 g/mol. The van der Waals surface area contributed by atoms with Crippen molar-refractivity contribution in [3.63, 3.8) is 0 Å². The number of nitrogens with one attached hydrogen (secondary N) is 1. The van der Waals surface area contributed by atoms with E-state index >= 15 is 0 Å². The first kappa shape index (κ1) is 16.3. The van der Waals surface area contributed by atoms with E-state index in [1.165, 1.54) is 29.8 Å². The summed E-state index contributed by atoms with van der Waals surface area (Å²) in [5.74, 6) is 0.730. The molecule has 0 saturated heterocycles. The minimum absolute atomic E-state index is 0.0999. The molecule has 7 heteroatoms. The van der Waals surface area contributed by atoms with E-state index < -0.39 is 0 Å². The van der Waals surface area contributed by atoms with Crippen molar-refractivity contribution >= 4 is 17.0 Å². The van der Waals surface area contributed by atoms with Crippen molar-refractivity contribution in [3.8, 4) is 0 Å². The first-order valence-electron chi connectivity index (χ1n) is 10.3. The van der Waals surface area contributed by atoms with Gasteiger partial charge in [-0.2, -0.15) is 5.10 Å². The smallest absolute Gasteiger partial charge is 0.259 e. The van der Waals surface area contributed by atoms with Crippen LogP contribution in [-0.4, -0.2) is 44.2 Å². The molecule has 0 aromatic carbocycles. The molecule has 1 fully saturated rings. The van der Waals surface area contributed by atoms with Crippen LogP contribution < -0.4 is 0 Å². The van der Waals surface area contributed by atoms with Gasteiger partial charge in [0.25, 0.3) is 11.6 Å². The number of H-pyrrole nitrogens is 1. The summed E-state index contributed by atoms with van der Waals surface area (Å²) in [6.45, 7) is 3.33. The molecule has 28 heavy (non-hydrogen) atoms. The molecule has 0 radical (unpaired) electrons. The van der Waals surface area contributed by atoms with Crippen LogP contribution in [0.2, 0.25) is 0 Å². The minimum Gasteiger partial charge on any atom is -0.338 e. The van der Waals surface area contributed by atoms with Crippen molar-refractivity contribution in [3.05, 3.63) is 39.5 Å². The second kappa shape index (κ2) is 5.90. The Kier molecular flexibility index (Phi) is 3.43. The van der Waals surface area contributed by atoms with Gasteiger partial charge in [-0.3, -0.25) is 9.89 Å². The summed E-state index contributed by atoms with van der Waals surface area (Å²) < 4.78 is 5.42. The van der Waals surface area contributed by atoms with Crippen molar-refractivity contribution < 1.29 is 9.32 Å². The van der Waals surface area contributed by atoms with E-state index in [0.717, 1.165) is 66.5 Å². The Morgan fingerprint density at radius 1 is 1.14 bits per heavy atom. The Balaban J connectivity index is 1.37. The number of hydrogen-bond donors (Lipinski definition) is 1. The maximum absolute atomic E-state index is 13.7. The molecule has 6 rings (SSSR count). The SMILES string of the molecule is Cc1noc2nc3c(c(C(=O)N4CCc5[nH]nc(C6CC6)c5CC4)c12)CCC3. The van der Waals surface area contributed by atoms with Crippen LogP contribution in [0.25, 0.3) is 11.1 Å². The van der Waals surface area contributed by atoms with Crippen LogP contribution in [0.4, 0.5) is 0 Å². The molecule has 0 bridgehead atoms. The first-order valence-corrected chi connectivity index (χ1v) is 10.3. The van der Waals surface area contributed by atoms with Crippen LogP contribution in [0.3, 0.4) is 0 Å². The van der Waals surface area contributed by atoms with Gasteiger partial charge < -0.3 is 9.42 Å². The van der Waals surface area contributed by atoms with Crippen molar-refractivity contribution in [2.24, 2.45) is 0 Å². The van der Waals surface area contributed by atoms with Crippen molar-refractivity contribution in [2.45, 2.75) is 57.8 Å². The Morgan fingerprint density at radius 2 is 2.00 bits per heavy atom. The lowest BCUT2D eigenvalue weighted by Gasteiger charge is -2.22. The number of amides is 1. The van der Waals surface area contributed by atoms with Gasteiger partial charge in [0, 0.05) is 36.8 Å². The Hall–Kier alpha value is -2.70. The molecule has 4 heterocycles. The molecule has 3 aromatic heterocycles. The number of aromatic nitrogens is 4.